The number of ether oxygens (including phenoxy) is 2. The van der Waals surface area contributed by atoms with E-state index < -0.39 is 0 Å². The number of thioether (sulfide) groups is 1. The molecule has 26 heavy (non-hydrogen) atoms. The van der Waals surface area contributed by atoms with E-state index in [2.05, 4.69) is 15.5 Å². The molecule has 0 aliphatic carbocycles. The van der Waals surface area contributed by atoms with Gasteiger partial charge in [0.2, 0.25) is 0 Å². The monoisotopic (exact) mass is 379 g/mol. The van der Waals surface area contributed by atoms with Crippen molar-refractivity contribution < 1.29 is 14.3 Å². The topological polar surface area (TPSA) is 62.8 Å². The third-order valence-electron chi connectivity index (χ3n) is 5.08. The number of amides is 2. The van der Waals surface area contributed by atoms with E-state index >= 15 is 0 Å². The number of nitrogens with one attached hydrogen (secondary N) is 2. The first-order chi connectivity index (χ1) is 12.8. The summed E-state index contributed by atoms with van der Waals surface area (Å²) < 4.78 is 11.2. The van der Waals surface area contributed by atoms with Gasteiger partial charge in [0.05, 0.1) is 6.54 Å². The van der Waals surface area contributed by atoms with E-state index in [1.54, 1.807) is 0 Å². The molecule has 0 spiro atoms. The van der Waals surface area contributed by atoms with Crippen LogP contribution in [0.4, 0.5) is 4.79 Å². The number of nitrogens with zero attached hydrogens (tertiary/aromatic N) is 1. The van der Waals surface area contributed by atoms with Crippen LogP contribution in [0.25, 0.3) is 0 Å². The molecular formula is C19H29N3O3S. The second-order valence-electron chi connectivity index (χ2n) is 6.71. The van der Waals surface area contributed by atoms with Crippen molar-refractivity contribution in [1.29, 1.82) is 0 Å². The minimum atomic E-state index is -0.126. The summed E-state index contributed by atoms with van der Waals surface area (Å²) in [6, 6.07) is 9.51. The summed E-state index contributed by atoms with van der Waals surface area (Å²) in [5.41, 5.74) is 0.0388. The summed E-state index contributed by atoms with van der Waals surface area (Å²) in [5, 5.41) is 5.96. The Bertz CT molecular complexity index is 546. The summed E-state index contributed by atoms with van der Waals surface area (Å²) in [5.74, 6) is 3.16. The van der Waals surface area contributed by atoms with Gasteiger partial charge in [0.25, 0.3) is 0 Å². The largest absolute Gasteiger partial charge is 0.492 e. The molecule has 6 nitrogen and oxygen atoms in total. The highest BCUT2D eigenvalue weighted by Gasteiger charge is 2.39. The maximum absolute atomic E-state index is 12.2. The highest BCUT2D eigenvalue weighted by atomic mass is 32.2. The van der Waals surface area contributed by atoms with E-state index in [-0.39, 0.29) is 11.6 Å². The molecule has 3 rings (SSSR count). The zero-order chi connectivity index (χ0) is 18.1. The van der Waals surface area contributed by atoms with Crippen LogP contribution in [0, 0.1) is 0 Å². The average Bonchev–Trinajstić information content (AvgIpc) is 2.72. The molecule has 7 heteroatoms. The molecule has 2 fully saturated rings. The van der Waals surface area contributed by atoms with E-state index in [0.29, 0.717) is 19.7 Å². The van der Waals surface area contributed by atoms with Crippen molar-refractivity contribution in [2.45, 2.75) is 18.4 Å². The number of urea groups is 1. The Balaban J connectivity index is 1.41. The molecule has 1 aromatic carbocycles. The molecule has 0 unspecified atom stereocenters. The zero-order valence-corrected chi connectivity index (χ0v) is 16.1. The van der Waals surface area contributed by atoms with Gasteiger partial charge in [-0.1, -0.05) is 18.2 Å². The van der Waals surface area contributed by atoms with Crippen LogP contribution in [0.3, 0.4) is 0 Å². The quantitative estimate of drug-likeness (QED) is 0.709. The van der Waals surface area contributed by atoms with E-state index in [4.69, 9.17) is 9.47 Å². The van der Waals surface area contributed by atoms with Crippen LogP contribution in [0.2, 0.25) is 0 Å². The third kappa shape index (κ3) is 5.53. The fourth-order valence-corrected chi connectivity index (χ4v) is 4.45. The predicted octanol–water partition coefficient (Wildman–Crippen LogP) is 1.96. The normalized spacial score (nSPS) is 20.3. The Morgan fingerprint density at radius 1 is 1.15 bits per heavy atom. The van der Waals surface area contributed by atoms with Gasteiger partial charge in [0.1, 0.15) is 12.4 Å². The highest BCUT2D eigenvalue weighted by molar-refractivity contribution is 7.99. The van der Waals surface area contributed by atoms with Gasteiger partial charge in [0, 0.05) is 49.9 Å². The second-order valence-corrected chi connectivity index (χ2v) is 7.93. The van der Waals surface area contributed by atoms with Gasteiger partial charge in [-0.25, -0.2) is 4.79 Å². The standard InChI is InChI=1S/C19H29N3O3S/c23-18(20-8-13-25-17-4-2-1-3-5-17)21-16-19(6-11-24-12-7-19)22-9-14-26-15-10-22/h1-5H,6-16H2,(H2,20,21,23). The Hall–Kier alpha value is -1.44. The molecule has 2 heterocycles. The van der Waals surface area contributed by atoms with Gasteiger partial charge in [-0.3, -0.25) is 4.90 Å². The van der Waals surface area contributed by atoms with Crippen molar-refractivity contribution in [3.8, 4) is 5.75 Å². The van der Waals surface area contributed by atoms with Crippen LogP contribution in [0.5, 0.6) is 5.75 Å². The van der Waals surface area contributed by atoms with Gasteiger partial charge in [-0.15, -0.1) is 0 Å². The van der Waals surface area contributed by atoms with Crippen LogP contribution in [0.1, 0.15) is 12.8 Å². The minimum absolute atomic E-state index is 0.0388. The number of hydrogen-bond acceptors (Lipinski definition) is 5. The SMILES string of the molecule is O=C(NCCOc1ccccc1)NCC1(N2CCSCC2)CCOCC1. The van der Waals surface area contributed by atoms with Gasteiger partial charge in [-0.05, 0) is 25.0 Å². The van der Waals surface area contributed by atoms with Crippen LogP contribution >= 0.6 is 11.8 Å². The van der Waals surface area contributed by atoms with Crippen molar-refractivity contribution in [3.63, 3.8) is 0 Å². The molecule has 0 aromatic heterocycles. The number of rotatable bonds is 7. The summed E-state index contributed by atoms with van der Waals surface area (Å²) in [6.45, 7) is 5.36. The molecule has 144 valence electrons. The maximum atomic E-state index is 12.2. The smallest absolute Gasteiger partial charge is 0.314 e. The number of hydrogen-bond donors (Lipinski definition) is 2. The van der Waals surface area contributed by atoms with Crippen molar-refractivity contribution in [2.24, 2.45) is 0 Å². The zero-order valence-electron chi connectivity index (χ0n) is 15.2. The highest BCUT2D eigenvalue weighted by Crippen LogP contribution is 2.29. The van der Waals surface area contributed by atoms with E-state index in [9.17, 15) is 4.79 Å². The van der Waals surface area contributed by atoms with Gasteiger partial charge in [0.15, 0.2) is 0 Å². The number of carbonyl (C=O) groups excluding carboxylic acids is 1. The molecule has 0 bridgehead atoms. The first-order valence-electron chi connectivity index (χ1n) is 9.39. The van der Waals surface area contributed by atoms with Gasteiger partial charge >= 0.3 is 6.03 Å². The average molecular weight is 380 g/mol. The van der Waals surface area contributed by atoms with E-state index in [1.165, 1.54) is 11.5 Å². The lowest BCUT2D eigenvalue weighted by Gasteiger charge is -2.47. The van der Waals surface area contributed by atoms with Gasteiger partial charge in [-0.2, -0.15) is 11.8 Å². The van der Waals surface area contributed by atoms with Crippen LogP contribution in [0.15, 0.2) is 30.3 Å². The summed E-state index contributed by atoms with van der Waals surface area (Å²) in [7, 11) is 0. The molecule has 2 aliphatic heterocycles. The Morgan fingerprint density at radius 2 is 1.88 bits per heavy atom. The molecular weight excluding hydrogens is 350 g/mol. The van der Waals surface area contributed by atoms with Crippen LogP contribution < -0.4 is 15.4 Å². The predicted molar refractivity (Wildman–Crippen MR) is 105 cm³/mol. The summed E-state index contributed by atoms with van der Waals surface area (Å²) in [6.07, 6.45) is 1.96. The molecule has 0 atom stereocenters. The van der Waals surface area contributed by atoms with Crippen molar-refractivity contribution in [1.82, 2.24) is 15.5 Å². The van der Waals surface area contributed by atoms with Gasteiger partial charge < -0.3 is 20.1 Å². The summed E-state index contributed by atoms with van der Waals surface area (Å²) in [4.78, 5) is 14.8. The Labute approximate surface area is 160 Å². The Morgan fingerprint density at radius 3 is 2.62 bits per heavy atom. The molecule has 2 aliphatic rings. The second kappa shape index (κ2) is 10.0. The Kier molecular flexibility index (Phi) is 7.46. The van der Waals surface area contributed by atoms with Crippen LogP contribution in [-0.2, 0) is 4.74 Å². The molecule has 1 aromatic rings. The van der Waals surface area contributed by atoms with Crippen LogP contribution in [-0.4, -0.2) is 74.0 Å². The summed E-state index contributed by atoms with van der Waals surface area (Å²) >= 11 is 2.01. The molecule has 2 saturated heterocycles. The third-order valence-corrected chi connectivity index (χ3v) is 6.03. The lowest BCUT2D eigenvalue weighted by atomic mass is 9.87. The van der Waals surface area contributed by atoms with Crippen molar-refractivity contribution >= 4 is 17.8 Å². The lowest BCUT2D eigenvalue weighted by molar-refractivity contribution is -0.0230. The first-order valence-corrected chi connectivity index (χ1v) is 10.5. The molecule has 2 amide bonds. The molecule has 0 radical (unpaired) electrons. The number of carbonyl (C=O) groups is 1. The fourth-order valence-electron chi connectivity index (χ4n) is 3.55. The molecule has 2 N–H and O–H groups in total. The fraction of sp³-hybridized carbons (Fsp3) is 0.632. The number of para-hydroxylation sites is 1. The maximum Gasteiger partial charge on any atom is 0.314 e. The molecule has 0 saturated carbocycles. The van der Waals surface area contributed by atoms with Crippen molar-refractivity contribution in [2.75, 3.05) is 57.5 Å². The number of benzene rings is 1. The van der Waals surface area contributed by atoms with E-state index in [0.717, 1.165) is 44.9 Å². The minimum Gasteiger partial charge on any atom is -0.492 e. The first kappa shape index (κ1) is 19.3. The van der Waals surface area contributed by atoms with E-state index in [1.807, 2.05) is 42.1 Å². The lowest BCUT2D eigenvalue weighted by Crippen LogP contribution is -2.61. The van der Waals surface area contributed by atoms with Crippen molar-refractivity contribution in [3.05, 3.63) is 30.3 Å².